The number of nitrogens with zero attached hydrogens (tertiary/aromatic N) is 2. The number of alkyl halides is 5. The zero-order chi connectivity index (χ0) is 16.0. The van der Waals surface area contributed by atoms with E-state index in [0.717, 1.165) is 10.8 Å². The fourth-order valence-electron chi connectivity index (χ4n) is 2.71. The molecular weight excluding hydrogens is 322 g/mol. The Morgan fingerprint density at radius 3 is 2.33 bits per heavy atom. The van der Waals surface area contributed by atoms with Crippen LogP contribution in [0, 0.1) is 13.8 Å². The summed E-state index contributed by atoms with van der Waals surface area (Å²) in [5.41, 5.74) is -3.31. The van der Waals surface area contributed by atoms with Crippen molar-refractivity contribution in [2.24, 2.45) is 0 Å². The minimum Gasteiger partial charge on any atom is -0.358 e. The first-order valence-electron chi connectivity index (χ1n) is 5.77. The van der Waals surface area contributed by atoms with E-state index in [9.17, 15) is 25.8 Å². The zero-order valence-corrected chi connectivity index (χ0v) is 11.9. The average molecular weight is 332 g/mol. The molecule has 0 radical (unpaired) electrons. The fraction of sp³-hybridized carbons (Fsp3) is 0.545. The van der Waals surface area contributed by atoms with E-state index in [2.05, 4.69) is 9.72 Å². The van der Waals surface area contributed by atoms with Gasteiger partial charge in [0.05, 0.1) is 21.0 Å². The Labute approximate surface area is 117 Å². The first-order chi connectivity index (χ1) is 9.46. The average Bonchev–Trinajstić information content (AvgIpc) is 2.77. The number of aromatic nitrogens is 2. The number of imidazole rings is 1. The number of hydrogen-bond acceptors (Lipinski definition) is 2. The molecule has 1 fully saturated rings. The number of aryl methyl sites for hydroxylation is 1. The fourth-order valence-corrected chi connectivity index (χ4v) is 5.66. The maximum atomic E-state index is 14.9. The minimum atomic E-state index is -5.44. The maximum Gasteiger partial charge on any atom is 0.429 e. The summed E-state index contributed by atoms with van der Waals surface area (Å²) in [5.74, 6) is 0. The molecule has 1 aromatic heterocycles. The lowest BCUT2D eigenvalue weighted by molar-refractivity contribution is -0.307. The minimum absolute atomic E-state index is 0.294. The van der Waals surface area contributed by atoms with E-state index in [-0.39, 0.29) is 0 Å². The van der Waals surface area contributed by atoms with Gasteiger partial charge in [0.25, 0.3) is 5.60 Å². The van der Waals surface area contributed by atoms with Crippen LogP contribution in [0.25, 0.3) is 6.20 Å². The van der Waals surface area contributed by atoms with Crippen LogP contribution in [-0.4, -0.2) is 33.7 Å². The van der Waals surface area contributed by atoms with E-state index in [1.165, 1.54) is 13.8 Å². The van der Waals surface area contributed by atoms with Gasteiger partial charge in [0.2, 0.25) is 0 Å². The summed E-state index contributed by atoms with van der Waals surface area (Å²) >= 11 is 0. The largest absolute Gasteiger partial charge is 0.429 e. The van der Waals surface area contributed by atoms with Gasteiger partial charge in [-0.2, -0.15) is 25.8 Å². The predicted octanol–water partition coefficient (Wildman–Crippen LogP) is 3.91. The van der Waals surface area contributed by atoms with E-state index in [4.69, 9.17) is 0 Å². The van der Waals surface area contributed by atoms with Crippen LogP contribution in [0.3, 0.4) is 0 Å². The molecule has 0 saturated carbocycles. The molecule has 0 aliphatic carbocycles. The van der Waals surface area contributed by atoms with Gasteiger partial charge in [-0.25, -0.2) is 4.98 Å². The normalized spacial score (nSPS) is 36.3. The molecule has 118 valence electrons. The smallest absolute Gasteiger partial charge is 0.358 e. The van der Waals surface area contributed by atoms with Crippen molar-refractivity contribution >= 4 is 16.6 Å². The van der Waals surface area contributed by atoms with Gasteiger partial charge in [-0.3, -0.25) is 4.57 Å². The third-order valence-corrected chi connectivity index (χ3v) is 6.75. The van der Waals surface area contributed by atoms with Gasteiger partial charge >= 0.3 is 11.4 Å². The van der Waals surface area contributed by atoms with Crippen molar-refractivity contribution in [3.63, 3.8) is 0 Å². The molecule has 0 aromatic carbocycles. The van der Waals surface area contributed by atoms with Gasteiger partial charge in [0.1, 0.15) is 0 Å². The van der Waals surface area contributed by atoms with Crippen molar-refractivity contribution in [1.82, 2.24) is 9.55 Å². The topological polar surface area (TPSA) is 27.1 Å². The SMILES string of the molecule is COC1(C(F)(F)F)C2=Cn3c(nc(C)c3C)S2(F)C1(F)F. The quantitative estimate of drug-likeness (QED) is 0.729. The monoisotopic (exact) mass is 332 g/mol. The van der Waals surface area contributed by atoms with Crippen molar-refractivity contribution < 1.29 is 30.6 Å². The second-order valence-corrected chi connectivity index (χ2v) is 7.26. The summed E-state index contributed by atoms with van der Waals surface area (Å²) in [6.07, 6.45) is -4.69. The van der Waals surface area contributed by atoms with Gasteiger partial charge in [-0.15, -0.1) is 0 Å². The summed E-state index contributed by atoms with van der Waals surface area (Å²) in [7, 11) is -4.15. The lowest BCUT2D eigenvalue weighted by Gasteiger charge is -2.57. The molecule has 3 heterocycles. The molecule has 2 atom stereocenters. The van der Waals surface area contributed by atoms with E-state index in [0.29, 0.717) is 18.5 Å². The van der Waals surface area contributed by atoms with Crippen LogP contribution in [0.5, 0.6) is 0 Å². The van der Waals surface area contributed by atoms with Crippen LogP contribution in [0.1, 0.15) is 11.4 Å². The Morgan fingerprint density at radius 1 is 1.29 bits per heavy atom. The molecule has 1 saturated heterocycles. The van der Waals surface area contributed by atoms with Gasteiger partial charge < -0.3 is 4.74 Å². The lowest BCUT2D eigenvalue weighted by Crippen LogP contribution is -2.70. The molecule has 21 heavy (non-hydrogen) atoms. The van der Waals surface area contributed by atoms with E-state index >= 15 is 0 Å². The molecule has 0 N–H and O–H groups in total. The van der Waals surface area contributed by atoms with Crippen LogP contribution in [0.4, 0.5) is 25.8 Å². The third kappa shape index (κ3) is 1.20. The number of halogens is 6. The van der Waals surface area contributed by atoms with E-state index < -0.39 is 37.5 Å². The van der Waals surface area contributed by atoms with Crippen LogP contribution in [-0.2, 0) is 4.74 Å². The summed E-state index contributed by atoms with van der Waals surface area (Å²) in [4.78, 5) is 2.61. The molecule has 3 nitrogen and oxygen atoms in total. The van der Waals surface area contributed by atoms with Gasteiger partial charge in [0, 0.05) is 19.0 Å². The van der Waals surface area contributed by atoms with Crippen molar-refractivity contribution in [3.8, 4) is 0 Å². The molecule has 10 heteroatoms. The summed E-state index contributed by atoms with van der Waals surface area (Å²) in [5, 5.41) is -5.38. The Kier molecular flexibility index (Phi) is 2.53. The van der Waals surface area contributed by atoms with Gasteiger partial charge in [-0.1, -0.05) is 0 Å². The second-order valence-electron chi connectivity index (χ2n) is 4.87. The Balaban J connectivity index is 2.31. The van der Waals surface area contributed by atoms with E-state index in [1.54, 1.807) is 0 Å². The number of rotatable bonds is 1. The summed E-state index contributed by atoms with van der Waals surface area (Å²) < 4.78 is 87.8. The van der Waals surface area contributed by atoms with Crippen molar-refractivity contribution in [2.75, 3.05) is 7.11 Å². The van der Waals surface area contributed by atoms with Crippen molar-refractivity contribution in [2.45, 2.75) is 36.0 Å². The molecular formula is C11H10F6N2OS. The highest BCUT2D eigenvalue weighted by atomic mass is 32.3. The number of hydrogen-bond donors (Lipinski definition) is 0. The van der Waals surface area contributed by atoms with Crippen molar-refractivity contribution in [1.29, 1.82) is 0 Å². The van der Waals surface area contributed by atoms with E-state index in [1.807, 2.05) is 0 Å². The predicted molar refractivity (Wildman–Crippen MR) is 63.7 cm³/mol. The summed E-state index contributed by atoms with van der Waals surface area (Å²) in [6, 6.07) is 0. The number of fused-ring (bicyclic) bond motifs is 3. The highest BCUT2D eigenvalue weighted by molar-refractivity contribution is 8.35. The molecule has 0 spiro atoms. The molecule has 2 aliphatic rings. The van der Waals surface area contributed by atoms with Crippen molar-refractivity contribution in [3.05, 3.63) is 16.3 Å². The number of methoxy groups -OCH3 is 1. The first kappa shape index (κ1) is 14.8. The third-order valence-electron chi connectivity index (χ3n) is 3.97. The highest BCUT2D eigenvalue weighted by Gasteiger charge is 2.92. The molecule has 0 bridgehead atoms. The Morgan fingerprint density at radius 2 is 1.86 bits per heavy atom. The van der Waals surface area contributed by atoms with Gasteiger partial charge in [0.15, 0.2) is 5.16 Å². The van der Waals surface area contributed by atoms with Gasteiger partial charge in [-0.05, 0) is 13.8 Å². The zero-order valence-electron chi connectivity index (χ0n) is 11.1. The highest BCUT2D eigenvalue weighted by Crippen LogP contribution is 2.91. The Hall–Kier alpha value is -1.16. The second kappa shape index (κ2) is 3.60. The van der Waals surface area contributed by atoms with Crippen LogP contribution in [0.2, 0.25) is 0 Å². The first-order valence-corrected chi connectivity index (χ1v) is 7.30. The molecule has 3 rings (SSSR count). The Bertz CT molecular complexity index is 681. The lowest BCUT2D eigenvalue weighted by atomic mass is 10.0. The maximum absolute atomic E-state index is 14.9. The number of ether oxygens (including phenoxy) is 1. The standard InChI is InChI=1S/C11H10F6N2OS/c1-5-6(2)19-4-7-9(20-3,10(12,13)14)11(15,16)21(7,17)8(19)18-5/h4H,1-3H3. The molecule has 0 amide bonds. The summed E-state index contributed by atoms with van der Waals surface area (Å²) in [6.45, 7) is 2.94. The van der Waals surface area contributed by atoms with Crippen LogP contribution < -0.4 is 0 Å². The molecule has 2 aliphatic heterocycles. The molecule has 1 aromatic rings. The van der Waals surface area contributed by atoms with Crippen LogP contribution >= 0.6 is 10.4 Å². The van der Waals surface area contributed by atoms with Crippen LogP contribution in [0.15, 0.2) is 10.1 Å². The molecule has 2 unspecified atom stereocenters.